The normalized spacial score (nSPS) is 10.1. The molecule has 0 saturated heterocycles. The van der Waals surface area contributed by atoms with Crippen molar-refractivity contribution in [3.8, 4) is 5.88 Å². The second-order valence-electron chi connectivity index (χ2n) is 4.19. The van der Waals surface area contributed by atoms with Crippen LogP contribution in [0.2, 0.25) is 0 Å². The number of alkyl halides is 1. The van der Waals surface area contributed by atoms with Crippen LogP contribution >= 0.6 is 15.9 Å². The van der Waals surface area contributed by atoms with Crippen molar-refractivity contribution < 1.29 is 9.53 Å². The van der Waals surface area contributed by atoms with E-state index in [4.69, 9.17) is 4.74 Å². The van der Waals surface area contributed by atoms with Gasteiger partial charge in [-0.1, -0.05) is 40.2 Å². The summed E-state index contributed by atoms with van der Waals surface area (Å²) in [6.07, 6.45) is 1.59. The number of amides is 1. The summed E-state index contributed by atoms with van der Waals surface area (Å²) in [7, 11) is 1.50. The van der Waals surface area contributed by atoms with Gasteiger partial charge in [-0.25, -0.2) is 4.98 Å². The summed E-state index contributed by atoms with van der Waals surface area (Å²) in [5.41, 5.74) is 2.69. The van der Waals surface area contributed by atoms with Crippen molar-refractivity contribution in [1.29, 1.82) is 0 Å². The van der Waals surface area contributed by atoms with Gasteiger partial charge >= 0.3 is 0 Å². The van der Waals surface area contributed by atoms with Crippen LogP contribution in [0, 0.1) is 0 Å². The van der Waals surface area contributed by atoms with Gasteiger partial charge < -0.3 is 10.1 Å². The zero-order valence-electron chi connectivity index (χ0n) is 11.1. The van der Waals surface area contributed by atoms with Gasteiger partial charge in [0.1, 0.15) is 5.56 Å². The smallest absolute Gasteiger partial charge is 0.257 e. The zero-order valence-corrected chi connectivity index (χ0v) is 12.7. The number of hydrogen-bond acceptors (Lipinski definition) is 3. The van der Waals surface area contributed by atoms with Gasteiger partial charge in [0.2, 0.25) is 5.88 Å². The summed E-state index contributed by atoms with van der Waals surface area (Å²) >= 11 is 3.40. The lowest BCUT2D eigenvalue weighted by molar-refractivity contribution is 0.0947. The number of halogens is 1. The van der Waals surface area contributed by atoms with E-state index in [0.717, 1.165) is 10.9 Å². The second kappa shape index (κ2) is 7.05. The molecular weight excluding hydrogens is 320 g/mol. The first-order valence-corrected chi connectivity index (χ1v) is 7.27. The molecule has 20 heavy (non-hydrogen) atoms. The Kier molecular flexibility index (Phi) is 5.12. The largest absolute Gasteiger partial charge is 0.480 e. The summed E-state index contributed by atoms with van der Waals surface area (Å²) in [6.45, 7) is 0.472. The highest BCUT2D eigenvalue weighted by molar-refractivity contribution is 9.08. The molecule has 0 saturated carbocycles. The Hall–Kier alpha value is -1.88. The second-order valence-corrected chi connectivity index (χ2v) is 4.75. The minimum absolute atomic E-state index is 0.195. The molecule has 1 aromatic carbocycles. The molecule has 0 aliphatic rings. The van der Waals surface area contributed by atoms with Crippen LogP contribution < -0.4 is 10.1 Å². The van der Waals surface area contributed by atoms with Crippen LogP contribution in [0.1, 0.15) is 21.5 Å². The highest BCUT2D eigenvalue weighted by Gasteiger charge is 2.12. The minimum Gasteiger partial charge on any atom is -0.480 e. The number of carbonyl (C=O) groups is 1. The Morgan fingerprint density at radius 1 is 1.25 bits per heavy atom. The zero-order chi connectivity index (χ0) is 14.4. The van der Waals surface area contributed by atoms with Gasteiger partial charge in [-0.2, -0.15) is 0 Å². The lowest BCUT2D eigenvalue weighted by atomic mass is 10.1. The quantitative estimate of drug-likeness (QED) is 0.855. The van der Waals surface area contributed by atoms with E-state index in [0.29, 0.717) is 18.0 Å². The molecule has 0 atom stereocenters. The van der Waals surface area contributed by atoms with Crippen LogP contribution in [0.5, 0.6) is 5.88 Å². The Balaban J connectivity index is 2.01. The number of nitrogens with one attached hydrogen (secondary N) is 1. The van der Waals surface area contributed by atoms with E-state index >= 15 is 0 Å². The number of benzene rings is 1. The molecule has 1 amide bonds. The van der Waals surface area contributed by atoms with Crippen LogP contribution in [0.3, 0.4) is 0 Å². The Morgan fingerprint density at radius 3 is 2.60 bits per heavy atom. The van der Waals surface area contributed by atoms with E-state index in [1.165, 1.54) is 12.7 Å². The van der Waals surface area contributed by atoms with Crippen molar-refractivity contribution in [2.45, 2.75) is 11.9 Å². The van der Waals surface area contributed by atoms with E-state index in [-0.39, 0.29) is 5.91 Å². The van der Waals surface area contributed by atoms with Gasteiger partial charge in [0, 0.05) is 18.1 Å². The maximum atomic E-state index is 12.1. The fraction of sp³-hybridized carbons (Fsp3) is 0.200. The molecule has 1 aromatic heterocycles. The average Bonchev–Trinajstić information content (AvgIpc) is 2.53. The summed E-state index contributed by atoms with van der Waals surface area (Å²) in [5.74, 6) is 0.138. The molecule has 0 aliphatic heterocycles. The van der Waals surface area contributed by atoms with Crippen molar-refractivity contribution >= 4 is 21.8 Å². The molecule has 104 valence electrons. The van der Waals surface area contributed by atoms with Crippen LogP contribution in [-0.2, 0) is 11.9 Å². The number of carbonyl (C=O) groups excluding carboxylic acids is 1. The standard InChI is InChI=1S/C15H15BrN2O2/c1-20-15-13(3-2-8-17-15)14(19)18-10-12-6-4-11(9-16)5-7-12/h2-8H,9-10H2,1H3,(H,18,19). The monoisotopic (exact) mass is 334 g/mol. The molecule has 5 heteroatoms. The van der Waals surface area contributed by atoms with Gasteiger partial charge in [-0.15, -0.1) is 0 Å². The van der Waals surface area contributed by atoms with E-state index in [1.807, 2.05) is 24.3 Å². The number of rotatable bonds is 5. The number of pyridine rings is 1. The van der Waals surface area contributed by atoms with Crippen molar-refractivity contribution in [3.05, 3.63) is 59.3 Å². The van der Waals surface area contributed by atoms with Gasteiger partial charge in [0.05, 0.1) is 7.11 Å². The first-order chi connectivity index (χ1) is 9.74. The predicted octanol–water partition coefficient (Wildman–Crippen LogP) is 2.92. The van der Waals surface area contributed by atoms with Crippen molar-refractivity contribution in [1.82, 2.24) is 10.3 Å². The molecule has 0 bridgehead atoms. The van der Waals surface area contributed by atoms with Gasteiger partial charge in [0.25, 0.3) is 5.91 Å². The number of hydrogen-bond donors (Lipinski definition) is 1. The van der Waals surface area contributed by atoms with E-state index in [9.17, 15) is 4.79 Å². The molecule has 0 aliphatic carbocycles. The highest BCUT2D eigenvalue weighted by Crippen LogP contribution is 2.13. The minimum atomic E-state index is -0.195. The van der Waals surface area contributed by atoms with E-state index < -0.39 is 0 Å². The van der Waals surface area contributed by atoms with E-state index in [1.54, 1.807) is 18.3 Å². The van der Waals surface area contributed by atoms with Gasteiger partial charge in [-0.3, -0.25) is 4.79 Å². The molecule has 1 heterocycles. The Labute approximate surface area is 126 Å². The fourth-order valence-electron chi connectivity index (χ4n) is 1.75. The van der Waals surface area contributed by atoms with Crippen LogP contribution in [0.25, 0.3) is 0 Å². The maximum Gasteiger partial charge on any atom is 0.257 e. The molecule has 4 nitrogen and oxygen atoms in total. The van der Waals surface area contributed by atoms with Crippen LogP contribution in [0.15, 0.2) is 42.6 Å². The Morgan fingerprint density at radius 2 is 1.95 bits per heavy atom. The summed E-state index contributed by atoms with van der Waals surface area (Å²) in [4.78, 5) is 16.1. The molecule has 0 radical (unpaired) electrons. The van der Waals surface area contributed by atoms with Gasteiger partial charge in [0.15, 0.2) is 0 Å². The maximum absolute atomic E-state index is 12.1. The number of aromatic nitrogens is 1. The number of methoxy groups -OCH3 is 1. The average molecular weight is 335 g/mol. The summed E-state index contributed by atoms with van der Waals surface area (Å²) in [5, 5.41) is 3.68. The first kappa shape index (κ1) is 14.5. The van der Waals surface area contributed by atoms with Gasteiger partial charge in [-0.05, 0) is 23.3 Å². The molecule has 1 N–H and O–H groups in total. The highest BCUT2D eigenvalue weighted by atomic mass is 79.9. The third kappa shape index (κ3) is 3.57. The molecule has 2 aromatic rings. The molecule has 2 rings (SSSR count). The molecule has 0 spiro atoms. The lowest BCUT2D eigenvalue weighted by Gasteiger charge is -2.08. The summed E-state index contributed by atoms with van der Waals surface area (Å²) < 4.78 is 5.07. The molecule has 0 fully saturated rings. The topological polar surface area (TPSA) is 51.2 Å². The number of nitrogens with zero attached hydrogens (tertiary/aromatic N) is 1. The lowest BCUT2D eigenvalue weighted by Crippen LogP contribution is -2.23. The molecular formula is C15H15BrN2O2. The third-order valence-electron chi connectivity index (χ3n) is 2.84. The first-order valence-electron chi connectivity index (χ1n) is 6.15. The van der Waals surface area contributed by atoms with Crippen LogP contribution in [-0.4, -0.2) is 18.0 Å². The van der Waals surface area contributed by atoms with Crippen LogP contribution in [0.4, 0.5) is 0 Å². The number of ether oxygens (including phenoxy) is 1. The summed E-state index contributed by atoms with van der Waals surface area (Å²) in [6, 6.07) is 11.5. The van der Waals surface area contributed by atoms with E-state index in [2.05, 4.69) is 26.2 Å². The van der Waals surface area contributed by atoms with Crippen molar-refractivity contribution in [2.24, 2.45) is 0 Å². The fourth-order valence-corrected chi connectivity index (χ4v) is 2.12. The molecule has 0 unspecified atom stereocenters. The Bertz CT molecular complexity index is 585. The van der Waals surface area contributed by atoms with Crippen molar-refractivity contribution in [3.63, 3.8) is 0 Å². The van der Waals surface area contributed by atoms with Crippen molar-refractivity contribution in [2.75, 3.05) is 7.11 Å². The SMILES string of the molecule is COc1ncccc1C(=O)NCc1ccc(CBr)cc1. The third-order valence-corrected chi connectivity index (χ3v) is 3.49. The predicted molar refractivity (Wildman–Crippen MR) is 81.0 cm³/mol.